The third-order valence-corrected chi connectivity index (χ3v) is 3.50. The molecule has 1 unspecified atom stereocenters. The summed E-state index contributed by atoms with van der Waals surface area (Å²) in [4.78, 5) is 36.4. The van der Waals surface area contributed by atoms with E-state index in [1.165, 1.54) is 24.5 Å². The van der Waals surface area contributed by atoms with Crippen molar-refractivity contribution in [3.05, 3.63) is 35.1 Å². The van der Waals surface area contributed by atoms with Crippen molar-refractivity contribution < 1.29 is 28.4 Å². The van der Waals surface area contributed by atoms with Crippen LogP contribution in [0.25, 0.3) is 0 Å². The van der Waals surface area contributed by atoms with Crippen LogP contribution in [0.15, 0.2) is 18.2 Å². The minimum atomic E-state index is -0.822. The number of ether oxygens (including phenoxy) is 1. The number of fused-ring (bicyclic) bond motifs is 1. The number of methoxy groups -OCH3 is 1. The van der Waals surface area contributed by atoms with Crippen LogP contribution in [0.5, 0.6) is 0 Å². The molecule has 118 valence electrons. The average Bonchev–Trinajstić information content (AvgIpc) is 2.78. The average molecular weight is 310 g/mol. The number of hydrogen-bond donors (Lipinski definition) is 0. The van der Waals surface area contributed by atoms with E-state index in [-0.39, 0.29) is 17.7 Å². The first-order valence-electron chi connectivity index (χ1n) is 6.86. The Morgan fingerprint density at radius 2 is 2.18 bits per heavy atom. The van der Waals surface area contributed by atoms with E-state index in [4.69, 9.17) is 14.4 Å². The summed E-state index contributed by atoms with van der Waals surface area (Å²) in [6, 6.07) is 3.99. The zero-order valence-corrected chi connectivity index (χ0v) is 12.0. The van der Waals surface area contributed by atoms with Crippen LogP contribution in [0.3, 0.4) is 0 Å². The first-order chi connectivity index (χ1) is 10.6. The monoisotopic (exact) mass is 310 g/mol. The van der Waals surface area contributed by atoms with Gasteiger partial charge < -0.3 is 4.74 Å². The van der Waals surface area contributed by atoms with Crippen LogP contribution < -0.4 is 0 Å². The van der Waals surface area contributed by atoms with Crippen LogP contribution in [0.4, 0.5) is 4.39 Å². The van der Waals surface area contributed by atoms with Crippen LogP contribution in [0, 0.1) is 5.82 Å². The van der Waals surface area contributed by atoms with Gasteiger partial charge >= 0.3 is 0 Å². The maximum absolute atomic E-state index is 13.8. The molecule has 1 saturated heterocycles. The normalized spacial score (nSPS) is 22.3. The molecule has 22 heavy (non-hydrogen) atoms. The van der Waals surface area contributed by atoms with E-state index in [0.717, 1.165) is 11.0 Å². The Hall–Kier alpha value is -1.87. The van der Waals surface area contributed by atoms with Crippen LogP contribution in [0.2, 0.25) is 0 Å². The highest BCUT2D eigenvalue weighted by molar-refractivity contribution is 6.21. The third-order valence-electron chi connectivity index (χ3n) is 3.50. The maximum atomic E-state index is 13.8. The molecule has 0 bridgehead atoms. The lowest BCUT2D eigenvalue weighted by atomic mass is 10.1. The predicted octanol–water partition coefficient (Wildman–Crippen LogP) is 0.963. The van der Waals surface area contributed by atoms with Gasteiger partial charge in [0.25, 0.3) is 11.8 Å². The topological polar surface area (TPSA) is 68.3 Å². The maximum Gasteiger partial charge on any atom is 0.266 e. The molecule has 0 aromatic heterocycles. The van der Waals surface area contributed by atoms with Gasteiger partial charge in [-0.05, 0) is 12.1 Å². The number of amides is 2. The molecule has 1 aromatic rings. The third kappa shape index (κ3) is 2.50. The lowest BCUT2D eigenvalue weighted by Gasteiger charge is -2.34. The summed E-state index contributed by atoms with van der Waals surface area (Å²) < 4.78 is 18.7. The summed E-state index contributed by atoms with van der Waals surface area (Å²) in [5.74, 6) is -1.95. The van der Waals surface area contributed by atoms with Gasteiger partial charge in [0, 0.05) is 13.5 Å². The fraction of sp³-hybridized carbons (Fsp3) is 0.429. The van der Waals surface area contributed by atoms with E-state index in [9.17, 15) is 14.0 Å². The first-order valence-corrected chi connectivity index (χ1v) is 6.86. The first kappa shape index (κ1) is 15.0. The van der Waals surface area contributed by atoms with Crippen molar-refractivity contribution >= 4 is 11.8 Å². The molecular formula is C14H15FN2O5. The molecule has 2 aliphatic heterocycles. The summed E-state index contributed by atoms with van der Waals surface area (Å²) in [7, 11) is 1.54. The zero-order chi connectivity index (χ0) is 15.7. The number of rotatable bonds is 4. The molecule has 1 fully saturated rings. The van der Waals surface area contributed by atoms with Crippen molar-refractivity contribution in [1.82, 2.24) is 10.1 Å². The van der Waals surface area contributed by atoms with E-state index in [2.05, 4.69) is 0 Å². The molecule has 0 N–H and O–H groups in total. The van der Waals surface area contributed by atoms with Gasteiger partial charge in [-0.3, -0.25) is 14.4 Å². The van der Waals surface area contributed by atoms with Crippen molar-refractivity contribution in [1.29, 1.82) is 0 Å². The Kier molecular flexibility index (Phi) is 4.16. The van der Waals surface area contributed by atoms with Crippen molar-refractivity contribution in [2.24, 2.45) is 0 Å². The quantitative estimate of drug-likeness (QED) is 0.772. The van der Waals surface area contributed by atoms with Crippen molar-refractivity contribution in [2.45, 2.75) is 12.6 Å². The molecule has 0 aliphatic carbocycles. The van der Waals surface area contributed by atoms with Gasteiger partial charge in [0.2, 0.25) is 0 Å². The second-order valence-corrected chi connectivity index (χ2v) is 4.87. The molecule has 2 aliphatic rings. The second kappa shape index (κ2) is 6.09. The molecular weight excluding hydrogens is 295 g/mol. The molecule has 2 amide bonds. The van der Waals surface area contributed by atoms with Gasteiger partial charge in [-0.1, -0.05) is 11.3 Å². The Balaban J connectivity index is 1.80. The number of carbonyl (C=O) groups excluding carboxylic acids is 2. The Labute approximate surface area is 126 Å². The van der Waals surface area contributed by atoms with Crippen molar-refractivity contribution in [3.8, 4) is 0 Å². The molecule has 8 heteroatoms. The number of nitrogens with zero attached hydrogens (tertiary/aromatic N) is 2. The standard InChI is InChI=1S/C14H15FN2O5/c1-20-8-6-16-21-7-5-11(22-16)17-13(18)9-3-2-4-10(15)12(9)14(17)19/h2-4,11H,5-8H2,1H3. The van der Waals surface area contributed by atoms with E-state index in [1.54, 1.807) is 0 Å². The number of carbonyl (C=O) groups is 2. The van der Waals surface area contributed by atoms with Gasteiger partial charge in [-0.15, -0.1) is 0 Å². The summed E-state index contributed by atoms with van der Waals surface area (Å²) in [6.45, 7) is 0.971. The number of benzene rings is 1. The summed E-state index contributed by atoms with van der Waals surface area (Å²) in [5, 5.41) is 1.18. The molecule has 0 spiro atoms. The molecule has 1 aromatic carbocycles. The number of hydrogen-bond acceptors (Lipinski definition) is 6. The molecule has 7 nitrogen and oxygen atoms in total. The van der Waals surface area contributed by atoms with E-state index in [1.807, 2.05) is 0 Å². The van der Waals surface area contributed by atoms with Gasteiger partial charge in [0.1, 0.15) is 5.82 Å². The number of halogens is 1. The fourth-order valence-corrected chi connectivity index (χ4v) is 2.46. The number of imide groups is 1. The Morgan fingerprint density at radius 1 is 1.36 bits per heavy atom. The minimum absolute atomic E-state index is 0.0588. The van der Waals surface area contributed by atoms with Crippen molar-refractivity contribution in [2.75, 3.05) is 26.9 Å². The minimum Gasteiger partial charge on any atom is -0.383 e. The highest BCUT2D eigenvalue weighted by Gasteiger charge is 2.44. The van der Waals surface area contributed by atoms with Crippen LogP contribution in [-0.2, 0) is 14.4 Å². The summed E-state index contributed by atoms with van der Waals surface area (Å²) in [5.41, 5.74) is -0.144. The van der Waals surface area contributed by atoms with Gasteiger partial charge in [0.15, 0.2) is 6.23 Å². The smallest absolute Gasteiger partial charge is 0.266 e. The molecule has 2 heterocycles. The lowest BCUT2D eigenvalue weighted by molar-refractivity contribution is -0.425. The summed E-state index contributed by atoms with van der Waals surface area (Å²) in [6.07, 6.45) is -0.506. The second-order valence-electron chi connectivity index (χ2n) is 4.87. The molecule has 3 rings (SSSR count). The molecule has 0 radical (unpaired) electrons. The Morgan fingerprint density at radius 3 is 2.91 bits per heavy atom. The van der Waals surface area contributed by atoms with Gasteiger partial charge in [0.05, 0.1) is 30.9 Å². The van der Waals surface area contributed by atoms with E-state index >= 15 is 0 Å². The number of hydroxylamine groups is 2. The SMILES string of the molecule is COCCN1OCCC(N2C(=O)c3cccc(F)c3C2=O)O1. The molecule has 0 saturated carbocycles. The highest BCUT2D eigenvalue weighted by atomic mass is 19.1. The Bertz CT molecular complexity index is 609. The van der Waals surface area contributed by atoms with Crippen LogP contribution in [-0.4, -0.2) is 55.0 Å². The van der Waals surface area contributed by atoms with Gasteiger partial charge in [-0.25, -0.2) is 14.1 Å². The predicted molar refractivity (Wildman–Crippen MR) is 70.9 cm³/mol. The van der Waals surface area contributed by atoms with E-state index in [0.29, 0.717) is 19.6 Å². The van der Waals surface area contributed by atoms with Crippen LogP contribution >= 0.6 is 0 Å². The fourth-order valence-electron chi connectivity index (χ4n) is 2.46. The van der Waals surface area contributed by atoms with Crippen LogP contribution in [0.1, 0.15) is 27.1 Å². The largest absolute Gasteiger partial charge is 0.383 e. The lowest BCUT2D eigenvalue weighted by Crippen LogP contribution is -2.49. The molecule has 1 atom stereocenters. The highest BCUT2D eigenvalue weighted by Crippen LogP contribution is 2.29. The van der Waals surface area contributed by atoms with Crippen molar-refractivity contribution in [3.63, 3.8) is 0 Å². The summed E-state index contributed by atoms with van der Waals surface area (Å²) >= 11 is 0. The van der Waals surface area contributed by atoms with Gasteiger partial charge in [-0.2, -0.15) is 0 Å². The zero-order valence-electron chi connectivity index (χ0n) is 12.0. The van der Waals surface area contributed by atoms with E-state index < -0.39 is 23.9 Å².